The number of non-ortho nitro benzene ring substituents is 1. The Morgan fingerprint density at radius 3 is 1.84 bits per heavy atom. The van der Waals surface area contributed by atoms with Crippen LogP contribution in [-0.4, -0.2) is 18.4 Å². The van der Waals surface area contributed by atoms with E-state index in [1.54, 1.807) is 18.2 Å². The average molecular weight is 443 g/mol. The van der Waals surface area contributed by atoms with Crippen LogP contribution in [0.1, 0.15) is 58.2 Å². The van der Waals surface area contributed by atoms with Gasteiger partial charge in [-0.1, -0.05) is 41.5 Å². The van der Waals surface area contributed by atoms with Gasteiger partial charge in [0.15, 0.2) is 0 Å². The van der Waals surface area contributed by atoms with E-state index in [9.17, 15) is 28.9 Å². The van der Waals surface area contributed by atoms with Gasteiger partial charge in [0.2, 0.25) is 9.84 Å². The van der Waals surface area contributed by atoms with Crippen LogP contribution in [0.5, 0.6) is 5.75 Å². The molecular formula is C23H26N2O5S. The molecule has 2 aromatic carbocycles. The third-order valence-electron chi connectivity index (χ3n) is 4.80. The Morgan fingerprint density at radius 2 is 1.48 bits per heavy atom. The monoisotopic (exact) mass is 442 g/mol. The molecule has 0 aliphatic rings. The lowest BCUT2D eigenvalue weighted by Gasteiger charge is -2.28. The second-order valence-corrected chi connectivity index (χ2v) is 11.3. The summed E-state index contributed by atoms with van der Waals surface area (Å²) < 4.78 is 25.9. The highest BCUT2D eigenvalue weighted by molar-refractivity contribution is 7.95. The van der Waals surface area contributed by atoms with Gasteiger partial charge in [-0.25, -0.2) is 8.42 Å². The van der Waals surface area contributed by atoms with E-state index < -0.39 is 30.5 Å². The van der Waals surface area contributed by atoms with Crippen molar-refractivity contribution in [2.45, 2.75) is 57.3 Å². The van der Waals surface area contributed by atoms with E-state index in [-0.39, 0.29) is 16.3 Å². The van der Waals surface area contributed by atoms with Gasteiger partial charge >= 0.3 is 0 Å². The van der Waals surface area contributed by atoms with Gasteiger partial charge in [-0.3, -0.25) is 10.1 Å². The SMILES string of the molecule is CC(C)(C)c1cc(/C=C(/C#N)S(=O)(=O)c2ccc([N+](=O)[O-])cc2)cc(C(C)(C)C)c1O. The zero-order chi connectivity index (χ0) is 23.8. The lowest BCUT2D eigenvalue weighted by atomic mass is 9.78. The third kappa shape index (κ3) is 5.12. The number of rotatable bonds is 4. The number of nitriles is 1. The third-order valence-corrected chi connectivity index (χ3v) is 6.48. The number of allylic oxidation sites excluding steroid dienone is 1. The Bertz CT molecular complexity index is 1160. The van der Waals surface area contributed by atoms with Crippen LogP contribution in [0.2, 0.25) is 0 Å². The van der Waals surface area contributed by atoms with E-state index in [4.69, 9.17) is 0 Å². The Kier molecular flexibility index (Phi) is 6.34. The minimum absolute atomic E-state index is 0.147. The van der Waals surface area contributed by atoms with E-state index in [1.165, 1.54) is 6.08 Å². The summed E-state index contributed by atoms with van der Waals surface area (Å²) in [6.07, 6.45) is 1.26. The Morgan fingerprint density at radius 1 is 1.03 bits per heavy atom. The molecule has 2 rings (SSSR count). The molecule has 0 fully saturated rings. The molecular weight excluding hydrogens is 416 g/mol. The topological polar surface area (TPSA) is 121 Å². The van der Waals surface area contributed by atoms with E-state index in [0.29, 0.717) is 16.7 Å². The molecule has 0 aliphatic heterocycles. The number of benzene rings is 2. The Hall–Kier alpha value is -3.18. The largest absolute Gasteiger partial charge is 0.507 e. The fraction of sp³-hybridized carbons (Fsp3) is 0.348. The molecule has 1 N–H and O–H groups in total. The quantitative estimate of drug-likeness (QED) is 0.393. The summed E-state index contributed by atoms with van der Waals surface area (Å²) in [5.41, 5.74) is 0.655. The summed E-state index contributed by atoms with van der Waals surface area (Å²) in [6, 6.07) is 9.46. The van der Waals surface area contributed by atoms with E-state index in [1.807, 2.05) is 41.5 Å². The fourth-order valence-electron chi connectivity index (χ4n) is 3.08. The van der Waals surface area contributed by atoms with Gasteiger partial charge in [-0.05, 0) is 46.7 Å². The molecule has 0 spiro atoms. The Balaban J connectivity index is 2.70. The molecule has 0 unspecified atom stereocenters. The van der Waals surface area contributed by atoms with Crippen molar-refractivity contribution in [2.75, 3.05) is 0 Å². The normalized spacial score (nSPS) is 13.0. The summed E-state index contributed by atoms with van der Waals surface area (Å²) in [5.74, 6) is 0.147. The van der Waals surface area contributed by atoms with Gasteiger partial charge < -0.3 is 5.11 Å². The molecule has 0 aromatic heterocycles. The highest BCUT2D eigenvalue weighted by Gasteiger charge is 2.27. The Labute approximate surface area is 182 Å². The smallest absolute Gasteiger partial charge is 0.269 e. The van der Waals surface area contributed by atoms with Crippen molar-refractivity contribution in [1.29, 1.82) is 5.26 Å². The van der Waals surface area contributed by atoms with E-state index >= 15 is 0 Å². The van der Waals surface area contributed by atoms with Crippen molar-refractivity contribution in [1.82, 2.24) is 0 Å². The van der Waals surface area contributed by atoms with Crippen LogP contribution in [-0.2, 0) is 20.7 Å². The van der Waals surface area contributed by atoms with Gasteiger partial charge in [0.25, 0.3) is 5.69 Å². The first-order valence-corrected chi connectivity index (χ1v) is 11.1. The fourth-order valence-corrected chi connectivity index (χ4v) is 4.24. The molecule has 8 heteroatoms. The lowest BCUT2D eigenvalue weighted by molar-refractivity contribution is -0.384. The van der Waals surface area contributed by atoms with Gasteiger partial charge in [0.05, 0.1) is 9.82 Å². The molecule has 164 valence electrons. The zero-order valence-electron chi connectivity index (χ0n) is 18.4. The average Bonchev–Trinajstić information content (AvgIpc) is 2.65. The molecule has 31 heavy (non-hydrogen) atoms. The maximum absolute atomic E-state index is 13.0. The second-order valence-electron chi connectivity index (χ2n) is 9.34. The number of phenolic OH excluding ortho intramolecular Hbond substituents is 1. The summed E-state index contributed by atoms with van der Waals surface area (Å²) in [4.78, 5) is 9.48. The first kappa shape index (κ1) is 24.1. The molecule has 2 aromatic rings. The standard InChI is InChI=1S/C23H26N2O5S/c1-22(2,3)19-12-15(13-20(21(19)26)23(4,5)6)11-18(14-24)31(29,30)17-9-7-16(8-10-17)25(27)28/h7-13,26H,1-6H3/b18-11-. The van der Waals surface area contributed by atoms with Crippen molar-refractivity contribution in [2.24, 2.45) is 0 Å². The molecule has 0 bridgehead atoms. The van der Waals surface area contributed by atoms with Gasteiger partial charge in [0, 0.05) is 23.3 Å². The first-order valence-electron chi connectivity index (χ1n) is 9.58. The molecule has 0 aliphatic carbocycles. The van der Waals surface area contributed by atoms with Crippen LogP contribution in [0.3, 0.4) is 0 Å². The second kappa shape index (κ2) is 8.16. The van der Waals surface area contributed by atoms with Gasteiger partial charge in [-0.2, -0.15) is 5.26 Å². The first-order chi connectivity index (χ1) is 14.1. The maximum atomic E-state index is 13.0. The molecule has 0 radical (unpaired) electrons. The summed E-state index contributed by atoms with van der Waals surface area (Å²) in [5, 5.41) is 31.2. The minimum atomic E-state index is -4.18. The van der Waals surface area contributed by atoms with Crippen LogP contribution in [0.25, 0.3) is 6.08 Å². The van der Waals surface area contributed by atoms with E-state index in [2.05, 4.69) is 0 Å². The zero-order valence-corrected chi connectivity index (χ0v) is 19.2. The highest BCUT2D eigenvalue weighted by atomic mass is 32.2. The van der Waals surface area contributed by atoms with Crippen LogP contribution in [0, 0.1) is 21.4 Å². The maximum Gasteiger partial charge on any atom is 0.269 e. The predicted molar refractivity (Wildman–Crippen MR) is 119 cm³/mol. The molecule has 0 amide bonds. The molecule has 7 nitrogen and oxygen atoms in total. The highest BCUT2D eigenvalue weighted by Crippen LogP contribution is 2.40. The molecule has 0 saturated carbocycles. The number of nitro groups is 1. The van der Waals surface area contributed by atoms with Crippen molar-refractivity contribution in [3.8, 4) is 11.8 Å². The van der Waals surface area contributed by atoms with Gasteiger partial charge in [0.1, 0.15) is 16.7 Å². The number of nitrogens with zero attached hydrogens (tertiary/aromatic N) is 2. The summed E-state index contributed by atoms with van der Waals surface area (Å²) >= 11 is 0. The number of hydrogen-bond acceptors (Lipinski definition) is 6. The van der Waals surface area contributed by atoms with Crippen molar-refractivity contribution >= 4 is 21.6 Å². The summed E-state index contributed by atoms with van der Waals surface area (Å²) in [6.45, 7) is 11.6. The van der Waals surface area contributed by atoms with Gasteiger partial charge in [-0.15, -0.1) is 0 Å². The van der Waals surface area contributed by atoms with E-state index in [0.717, 1.165) is 24.3 Å². The lowest BCUT2D eigenvalue weighted by Crippen LogP contribution is -2.17. The molecule has 0 heterocycles. The van der Waals surface area contributed by atoms with Crippen molar-refractivity contribution in [3.63, 3.8) is 0 Å². The number of nitro benzene ring substituents is 1. The predicted octanol–water partition coefficient (Wildman–Crippen LogP) is 5.23. The van der Waals surface area contributed by atoms with Crippen LogP contribution >= 0.6 is 0 Å². The molecule has 0 saturated heterocycles. The minimum Gasteiger partial charge on any atom is -0.507 e. The summed E-state index contributed by atoms with van der Waals surface area (Å²) in [7, 11) is -4.18. The number of aromatic hydroxyl groups is 1. The number of hydrogen-bond donors (Lipinski definition) is 1. The van der Waals surface area contributed by atoms with Crippen molar-refractivity contribution < 1.29 is 18.4 Å². The molecule has 0 atom stereocenters. The number of sulfone groups is 1. The van der Waals surface area contributed by atoms with Crippen LogP contribution < -0.4 is 0 Å². The van der Waals surface area contributed by atoms with Crippen LogP contribution in [0.15, 0.2) is 46.2 Å². The van der Waals surface area contributed by atoms with Crippen molar-refractivity contribution in [3.05, 3.63) is 68.1 Å². The number of phenols is 1. The van der Waals surface area contributed by atoms with Crippen LogP contribution in [0.4, 0.5) is 5.69 Å².